The van der Waals surface area contributed by atoms with Crippen LogP contribution in [-0.4, -0.2) is 44.0 Å². The highest BCUT2D eigenvalue weighted by atomic mass is 35.5. The monoisotopic (exact) mass is 315 g/mol. The number of ether oxygens (including phenoxy) is 1. The highest BCUT2D eigenvalue weighted by molar-refractivity contribution is 5.89. The molecule has 4 bridgehead atoms. The van der Waals surface area contributed by atoms with E-state index in [0.29, 0.717) is 12.4 Å². The number of carbonyl (C=O) groups is 1. The van der Waals surface area contributed by atoms with Gasteiger partial charge >= 0.3 is 0 Å². The smallest absolute Gasteiger partial charge is 0.167 e. The van der Waals surface area contributed by atoms with Gasteiger partial charge < -0.3 is 9.64 Å². The first-order valence-electron chi connectivity index (χ1n) is 8.29. The number of likely N-dealkylation sites (N-methyl/N-ethyl adjacent to an activating group) is 1. The molecule has 0 aromatic heterocycles. The third kappa shape index (κ3) is 3.46. The van der Waals surface area contributed by atoms with Crippen LogP contribution in [0.3, 0.4) is 0 Å². The van der Waals surface area contributed by atoms with Crippen molar-refractivity contribution in [3.8, 4) is 0 Å². The minimum Gasteiger partial charge on any atom is -0.369 e. The lowest BCUT2D eigenvalue weighted by Gasteiger charge is -2.56. The molecule has 4 aliphatic rings. The molecular weight excluding hydrogens is 286 g/mol. The van der Waals surface area contributed by atoms with Gasteiger partial charge in [0.05, 0.1) is 6.61 Å². The highest BCUT2D eigenvalue weighted by Gasteiger charge is 2.55. The number of Topliss-reactive ketones (excluding diaryl/α,β-unsaturated/α-hetero) is 1. The fourth-order valence-electron chi connectivity index (χ4n) is 5.33. The molecule has 0 spiro atoms. The maximum absolute atomic E-state index is 12.9. The fraction of sp³-hybridized carbons (Fsp3) is 0.941. The van der Waals surface area contributed by atoms with Crippen molar-refractivity contribution in [2.24, 2.45) is 23.2 Å². The van der Waals surface area contributed by atoms with E-state index in [1.54, 1.807) is 0 Å². The van der Waals surface area contributed by atoms with Crippen LogP contribution in [0, 0.1) is 23.2 Å². The second kappa shape index (κ2) is 6.55. The van der Waals surface area contributed by atoms with Crippen LogP contribution in [0.25, 0.3) is 0 Å². The maximum Gasteiger partial charge on any atom is 0.167 e. The van der Waals surface area contributed by atoms with E-state index in [-0.39, 0.29) is 23.9 Å². The van der Waals surface area contributed by atoms with E-state index in [1.165, 1.54) is 19.3 Å². The second-order valence-corrected chi connectivity index (χ2v) is 7.88. The standard InChI is InChI=1S/C17H29NO2.ClH/c1-12(20-5-4-18(2)3)16(19)17-9-13-6-14(10-17)8-15(7-13)11-17;/h12-15H,4-11H2,1-3H3;1H. The Balaban J connectivity index is 0.00000161. The van der Waals surface area contributed by atoms with Gasteiger partial charge in [-0.05, 0) is 77.3 Å². The van der Waals surface area contributed by atoms with Crippen LogP contribution in [-0.2, 0) is 9.53 Å². The Morgan fingerprint density at radius 3 is 2.05 bits per heavy atom. The third-order valence-corrected chi connectivity index (χ3v) is 5.84. The van der Waals surface area contributed by atoms with E-state index in [4.69, 9.17) is 4.74 Å². The highest BCUT2D eigenvalue weighted by Crippen LogP contribution is 2.60. The van der Waals surface area contributed by atoms with E-state index in [9.17, 15) is 4.79 Å². The summed E-state index contributed by atoms with van der Waals surface area (Å²) < 4.78 is 5.81. The minimum absolute atomic E-state index is 0. The maximum atomic E-state index is 12.9. The largest absolute Gasteiger partial charge is 0.369 e. The summed E-state index contributed by atoms with van der Waals surface area (Å²) in [5.74, 6) is 2.91. The lowest BCUT2D eigenvalue weighted by molar-refractivity contribution is -0.155. The number of hydrogen-bond donors (Lipinski definition) is 0. The van der Waals surface area contributed by atoms with E-state index < -0.39 is 0 Å². The third-order valence-electron chi connectivity index (χ3n) is 5.84. The molecule has 0 aliphatic heterocycles. The van der Waals surface area contributed by atoms with Gasteiger partial charge in [-0.25, -0.2) is 0 Å². The minimum atomic E-state index is -0.216. The summed E-state index contributed by atoms with van der Waals surface area (Å²) in [5.41, 5.74) is -0.00766. The van der Waals surface area contributed by atoms with Gasteiger partial charge in [0.1, 0.15) is 6.10 Å². The molecule has 1 unspecified atom stereocenters. The molecular formula is C17H30ClNO2. The molecule has 4 heteroatoms. The van der Waals surface area contributed by atoms with Gasteiger partial charge in [-0.2, -0.15) is 0 Å². The van der Waals surface area contributed by atoms with Crippen LogP contribution < -0.4 is 0 Å². The zero-order chi connectivity index (χ0) is 14.3. The Bertz CT molecular complexity index is 348. The number of ketones is 1. The molecule has 4 aliphatic carbocycles. The van der Waals surface area contributed by atoms with Gasteiger partial charge in [0.25, 0.3) is 0 Å². The molecule has 4 rings (SSSR count). The van der Waals surface area contributed by atoms with Gasteiger partial charge in [0.2, 0.25) is 0 Å². The van der Waals surface area contributed by atoms with Crippen LogP contribution in [0.1, 0.15) is 45.4 Å². The van der Waals surface area contributed by atoms with Crippen molar-refractivity contribution in [1.82, 2.24) is 4.90 Å². The Labute approximate surface area is 135 Å². The summed E-state index contributed by atoms with van der Waals surface area (Å²) in [7, 11) is 4.07. The SMILES string of the molecule is CC(OCCN(C)C)C(=O)C12CC3CC(CC(C3)C1)C2.Cl. The Morgan fingerprint density at radius 2 is 1.62 bits per heavy atom. The van der Waals surface area contributed by atoms with Crippen molar-refractivity contribution >= 4 is 18.2 Å². The zero-order valence-corrected chi connectivity index (χ0v) is 14.5. The van der Waals surface area contributed by atoms with Crippen molar-refractivity contribution in [1.29, 1.82) is 0 Å². The number of hydrogen-bond acceptors (Lipinski definition) is 3. The quantitative estimate of drug-likeness (QED) is 0.754. The van der Waals surface area contributed by atoms with Crippen molar-refractivity contribution in [2.45, 2.75) is 51.6 Å². The molecule has 4 saturated carbocycles. The van der Waals surface area contributed by atoms with Crippen LogP contribution in [0.4, 0.5) is 0 Å². The molecule has 0 aromatic carbocycles. The van der Waals surface area contributed by atoms with Crippen LogP contribution in [0.2, 0.25) is 0 Å². The predicted molar refractivity (Wildman–Crippen MR) is 86.8 cm³/mol. The Morgan fingerprint density at radius 1 is 1.14 bits per heavy atom. The first kappa shape index (κ1) is 17.2. The lowest BCUT2D eigenvalue weighted by Crippen LogP contribution is -2.52. The van der Waals surface area contributed by atoms with Gasteiger partial charge in [0, 0.05) is 12.0 Å². The lowest BCUT2D eigenvalue weighted by atomic mass is 9.48. The van der Waals surface area contributed by atoms with Crippen LogP contribution in [0.5, 0.6) is 0 Å². The summed E-state index contributed by atoms with van der Waals surface area (Å²) in [6.07, 6.45) is 7.41. The Hall–Kier alpha value is -0.120. The molecule has 0 N–H and O–H groups in total. The topological polar surface area (TPSA) is 29.5 Å². The zero-order valence-electron chi connectivity index (χ0n) is 13.6. The molecule has 122 valence electrons. The number of halogens is 1. The normalized spacial score (nSPS) is 38.4. The summed E-state index contributed by atoms with van der Waals surface area (Å²) in [4.78, 5) is 15.0. The fourth-order valence-corrected chi connectivity index (χ4v) is 5.33. The van der Waals surface area contributed by atoms with Gasteiger partial charge in [-0.15, -0.1) is 12.4 Å². The van der Waals surface area contributed by atoms with E-state index in [0.717, 1.165) is 43.6 Å². The van der Waals surface area contributed by atoms with Crippen molar-refractivity contribution in [2.75, 3.05) is 27.2 Å². The van der Waals surface area contributed by atoms with Gasteiger partial charge in [-0.1, -0.05) is 0 Å². The van der Waals surface area contributed by atoms with Gasteiger partial charge in [0.15, 0.2) is 5.78 Å². The predicted octanol–water partition coefficient (Wildman–Crippen LogP) is 3.16. The first-order chi connectivity index (χ1) is 9.48. The molecule has 1 atom stereocenters. The summed E-state index contributed by atoms with van der Waals surface area (Å²) in [5, 5.41) is 0. The van der Waals surface area contributed by atoms with E-state index in [2.05, 4.69) is 4.90 Å². The van der Waals surface area contributed by atoms with Crippen LogP contribution >= 0.6 is 12.4 Å². The number of carbonyl (C=O) groups excluding carboxylic acids is 1. The van der Waals surface area contributed by atoms with Crippen molar-refractivity contribution < 1.29 is 9.53 Å². The molecule has 3 nitrogen and oxygen atoms in total. The molecule has 4 fully saturated rings. The molecule has 0 heterocycles. The van der Waals surface area contributed by atoms with Crippen molar-refractivity contribution in [3.63, 3.8) is 0 Å². The summed E-state index contributed by atoms with van der Waals surface area (Å²) in [6, 6.07) is 0. The summed E-state index contributed by atoms with van der Waals surface area (Å²) >= 11 is 0. The second-order valence-electron chi connectivity index (χ2n) is 7.88. The van der Waals surface area contributed by atoms with Crippen LogP contribution in [0.15, 0.2) is 0 Å². The summed E-state index contributed by atoms with van der Waals surface area (Å²) in [6.45, 7) is 3.52. The Kier molecular flexibility index (Phi) is 5.38. The average Bonchev–Trinajstić information content (AvgIpc) is 2.35. The molecule has 21 heavy (non-hydrogen) atoms. The number of nitrogens with zero attached hydrogens (tertiary/aromatic N) is 1. The first-order valence-corrected chi connectivity index (χ1v) is 8.29. The van der Waals surface area contributed by atoms with E-state index in [1.807, 2.05) is 21.0 Å². The average molecular weight is 316 g/mol. The molecule has 0 amide bonds. The molecule has 0 radical (unpaired) electrons. The molecule has 0 saturated heterocycles. The van der Waals surface area contributed by atoms with Crippen molar-refractivity contribution in [3.05, 3.63) is 0 Å². The molecule has 0 aromatic rings. The van der Waals surface area contributed by atoms with Gasteiger partial charge in [-0.3, -0.25) is 4.79 Å². The van der Waals surface area contributed by atoms with E-state index >= 15 is 0 Å². The number of rotatable bonds is 6.